The summed E-state index contributed by atoms with van der Waals surface area (Å²) in [5, 5.41) is 11.1. The van der Waals surface area contributed by atoms with Crippen LogP contribution < -0.4 is 10.2 Å². The van der Waals surface area contributed by atoms with E-state index in [4.69, 9.17) is 11.6 Å². The standard InChI is InChI=1S/C14H19ClN6/c1-16-7-10-3-2-6-21(9-10)14-18-13(19-20-14)11-4-5-17-8-12(11)15/h4-5,8,10,16H,2-3,6-7,9H2,1H3,(H,18,19,20). The molecule has 1 aliphatic rings. The summed E-state index contributed by atoms with van der Waals surface area (Å²) in [4.78, 5) is 10.8. The number of pyridine rings is 1. The Labute approximate surface area is 128 Å². The highest BCUT2D eigenvalue weighted by atomic mass is 35.5. The number of hydrogen-bond acceptors (Lipinski definition) is 5. The molecule has 2 N–H and O–H groups in total. The van der Waals surface area contributed by atoms with Gasteiger partial charge in [0.25, 0.3) is 0 Å². The zero-order valence-corrected chi connectivity index (χ0v) is 12.8. The summed E-state index contributed by atoms with van der Waals surface area (Å²) in [6, 6.07) is 1.84. The second-order valence-corrected chi connectivity index (χ2v) is 5.76. The van der Waals surface area contributed by atoms with Crippen LogP contribution in [0.2, 0.25) is 5.02 Å². The van der Waals surface area contributed by atoms with Crippen molar-refractivity contribution >= 4 is 17.5 Å². The van der Waals surface area contributed by atoms with Crippen molar-refractivity contribution in [3.8, 4) is 11.4 Å². The summed E-state index contributed by atoms with van der Waals surface area (Å²) in [6.07, 6.45) is 5.74. The fourth-order valence-electron chi connectivity index (χ4n) is 2.78. The Morgan fingerprint density at radius 3 is 3.24 bits per heavy atom. The molecular weight excluding hydrogens is 288 g/mol. The fraction of sp³-hybridized carbons (Fsp3) is 0.500. The number of H-pyrrole nitrogens is 1. The lowest BCUT2D eigenvalue weighted by molar-refractivity contribution is 0.399. The maximum atomic E-state index is 6.15. The van der Waals surface area contributed by atoms with Crippen molar-refractivity contribution < 1.29 is 0 Å². The van der Waals surface area contributed by atoms with Gasteiger partial charge in [-0.25, -0.2) is 0 Å². The van der Waals surface area contributed by atoms with E-state index in [0.29, 0.717) is 16.8 Å². The molecule has 0 radical (unpaired) electrons. The largest absolute Gasteiger partial charge is 0.339 e. The summed E-state index contributed by atoms with van der Waals surface area (Å²) >= 11 is 6.15. The Morgan fingerprint density at radius 1 is 1.52 bits per heavy atom. The molecule has 0 spiro atoms. The van der Waals surface area contributed by atoms with Crippen LogP contribution in [0.5, 0.6) is 0 Å². The SMILES string of the molecule is CNCC1CCCN(c2n[nH]c(-c3ccncc3Cl)n2)C1. The van der Waals surface area contributed by atoms with Crippen LogP contribution in [-0.4, -0.2) is 46.8 Å². The number of piperidine rings is 1. The van der Waals surface area contributed by atoms with Crippen molar-refractivity contribution in [2.45, 2.75) is 12.8 Å². The summed E-state index contributed by atoms with van der Waals surface area (Å²) < 4.78 is 0. The number of rotatable bonds is 4. The van der Waals surface area contributed by atoms with Crippen molar-refractivity contribution in [3.63, 3.8) is 0 Å². The van der Waals surface area contributed by atoms with E-state index in [1.165, 1.54) is 12.8 Å². The van der Waals surface area contributed by atoms with Crippen LogP contribution in [0.4, 0.5) is 5.95 Å². The average Bonchev–Trinajstić information content (AvgIpc) is 2.98. The molecule has 0 amide bonds. The van der Waals surface area contributed by atoms with Gasteiger partial charge in [-0.15, -0.1) is 5.10 Å². The van der Waals surface area contributed by atoms with Crippen LogP contribution in [-0.2, 0) is 0 Å². The van der Waals surface area contributed by atoms with E-state index in [1.54, 1.807) is 12.4 Å². The highest BCUT2D eigenvalue weighted by molar-refractivity contribution is 6.33. The Bertz CT molecular complexity index is 597. The van der Waals surface area contributed by atoms with E-state index in [9.17, 15) is 0 Å². The lowest BCUT2D eigenvalue weighted by Crippen LogP contribution is -2.39. The molecule has 3 heterocycles. The second-order valence-electron chi connectivity index (χ2n) is 5.35. The van der Waals surface area contributed by atoms with Crippen LogP contribution >= 0.6 is 11.6 Å². The minimum absolute atomic E-state index is 0.576. The Hall–Kier alpha value is -1.66. The Kier molecular flexibility index (Phi) is 4.36. The molecule has 0 aliphatic carbocycles. The molecule has 0 saturated carbocycles. The number of anilines is 1. The molecule has 1 unspecified atom stereocenters. The number of halogens is 1. The number of nitrogens with zero attached hydrogens (tertiary/aromatic N) is 4. The maximum Gasteiger partial charge on any atom is 0.245 e. The molecule has 6 nitrogen and oxygen atoms in total. The van der Waals surface area contributed by atoms with Gasteiger partial charge in [0.1, 0.15) is 0 Å². The Balaban J connectivity index is 1.77. The van der Waals surface area contributed by atoms with Gasteiger partial charge in [0.15, 0.2) is 5.82 Å². The minimum atomic E-state index is 0.576. The first kappa shape index (κ1) is 14.3. The molecule has 7 heteroatoms. The van der Waals surface area contributed by atoms with Gasteiger partial charge in [-0.1, -0.05) is 11.6 Å². The fourth-order valence-corrected chi connectivity index (χ4v) is 2.99. The highest BCUT2D eigenvalue weighted by Crippen LogP contribution is 2.26. The third-order valence-corrected chi connectivity index (χ3v) is 4.10. The first-order chi connectivity index (χ1) is 10.3. The van der Waals surface area contributed by atoms with Gasteiger partial charge in [-0.3, -0.25) is 10.1 Å². The van der Waals surface area contributed by atoms with Gasteiger partial charge in [0.2, 0.25) is 5.95 Å². The summed E-state index contributed by atoms with van der Waals surface area (Å²) in [5.41, 5.74) is 0.828. The maximum absolute atomic E-state index is 6.15. The summed E-state index contributed by atoms with van der Waals surface area (Å²) in [6.45, 7) is 3.02. The predicted octanol–water partition coefficient (Wildman–Crippen LogP) is 1.96. The average molecular weight is 307 g/mol. The molecule has 1 aliphatic heterocycles. The van der Waals surface area contributed by atoms with Gasteiger partial charge < -0.3 is 10.2 Å². The monoisotopic (exact) mass is 306 g/mol. The first-order valence-corrected chi connectivity index (χ1v) is 7.57. The molecule has 3 rings (SSSR count). The molecular formula is C14H19ClN6. The predicted molar refractivity (Wildman–Crippen MR) is 83.5 cm³/mol. The van der Waals surface area contributed by atoms with Crippen molar-refractivity contribution in [2.75, 3.05) is 31.6 Å². The van der Waals surface area contributed by atoms with Gasteiger partial charge >= 0.3 is 0 Å². The second kappa shape index (κ2) is 6.41. The molecule has 21 heavy (non-hydrogen) atoms. The molecule has 1 atom stereocenters. The molecule has 1 fully saturated rings. The van der Waals surface area contributed by atoms with Crippen molar-refractivity contribution in [1.82, 2.24) is 25.5 Å². The lowest BCUT2D eigenvalue weighted by atomic mass is 9.98. The van der Waals surface area contributed by atoms with E-state index in [-0.39, 0.29) is 0 Å². The molecule has 0 aromatic carbocycles. The third-order valence-electron chi connectivity index (χ3n) is 3.80. The van der Waals surface area contributed by atoms with E-state index in [2.05, 4.69) is 30.4 Å². The van der Waals surface area contributed by atoms with Crippen LogP contribution in [0, 0.1) is 5.92 Å². The normalized spacial score (nSPS) is 19.0. The van der Waals surface area contributed by atoms with E-state index in [0.717, 1.165) is 31.1 Å². The van der Waals surface area contributed by atoms with Gasteiger partial charge in [-0.2, -0.15) is 4.98 Å². The van der Waals surface area contributed by atoms with Crippen LogP contribution in [0.15, 0.2) is 18.5 Å². The molecule has 1 saturated heterocycles. The lowest BCUT2D eigenvalue weighted by Gasteiger charge is -2.31. The molecule has 2 aromatic heterocycles. The summed E-state index contributed by atoms with van der Waals surface area (Å²) in [5.74, 6) is 2.09. The smallest absolute Gasteiger partial charge is 0.245 e. The minimum Gasteiger partial charge on any atom is -0.339 e. The Morgan fingerprint density at radius 2 is 2.43 bits per heavy atom. The van der Waals surface area contributed by atoms with E-state index >= 15 is 0 Å². The summed E-state index contributed by atoms with van der Waals surface area (Å²) in [7, 11) is 2.00. The zero-order chi connectivity index (χ0) is 14.7. The third kappa shape index (κ3) is 3.16. The zero-order valence-electron chi connectivity index (χ0n) is 12.0. The van der Waals surface area contributed by atoms with E-state index in [1.807, 2.05) is 13.1 Å². The van der Waals surface area contributed by atoms with E-state index < -0.39 is 0 Å². The van der Waals surface area contributed by atoms with Gasteiger partial charge in [-0.05, 0) is 38.4 Å². The molecule has 112 valence electrons. The van der Waals surface area contributed by atoms with Gasteiger partial charge in [0, 0.05) is 31.0 Å². The van der Waals surface area contributed by atoms with Gasteiger partial charge in [0.05, 0.1) is 5.02 Å². The number of hydrogen-bond donors (Lipinski definition) is 2. The quantitative estimate of drug-likeness (QED) is 0.903. The molecule has 0 bridgehead atoms. The first-order valence-electron chi connectivity index (χ1n) is 7.19. The molecule has 2 aromatic rings. The topological polar surface area (TPSA) is 69.7 Å². The van der Waals surface area contributed by atoms with Crippen molar-refractivity contribution in [1.29, 1.82) is 0 Å². The number of nitrogens with one attached hydrogen (secondary N) is 2. The number of aromatic nitrogens is 4. The highest BCUT2D eigenvalue weighted by Gasteiger charge is 2.22. The van der Waals surface area contributed by atoms with Crippen LogP contribution in [0.1, 0.15) is 12.8 Å². The van der Waals surface area contributed by atoms with Crippen molar-refractivity contribution in [3.05, 3.63) is 23.5 Å². The van der Waals surface area contributed by atoms with Crippen molar-refractivity contribution in [2.24, 2.45) is 5.92 Å². The van der Waals surface area contributed by atoms with Crippen LogP contribution in [0.25, 0.3) is 11.4 Å². The number of aromatic amines is 1. The van der Waals surface area contributed by atoms with Crippen LogP contribution in [0.3, 0.4) is 0 Å².